The van der Waals surface area contributed by atoms with Gasteiger partial charge in [0.05, 0.1) is 5.56 Å². The van der Waals surface area contributed by atoms with Crippen molar-refractivity contribution < 1.29 is 24.5 Å². The van der Waals surface area contributed by atoms with Crippen molar-refractivity contribution in [3.63, 3.8) is 0 Å². The largest absolute Gasteiger partial charge is 0.507 e. The smallest absolute Gasteiger partial charge is 0.196 e. The lowest BCUT2D eigenvalue weighted by Gasteiger charge is -2.14. The number of ether oxygens (including phenoxy) is 2. The van der Waals surface area contributed by atoms with Gasteiger partial charge in [0.2, 0.25) is 0 Å². The second-order valence-electron chi connectivity index (χ2n) is 7.54. The number of phenolic OH excluding ortho intramolecular Hbond substituents is 1. The van der Waals surface area contributed by atoms with Crippen LogP contribution in [0.3, 0.4) is 0 Å². The van der Waals surface area contributed by atoms with E-state index >= 15 is 0 Å². The van der Waals surface area contributed by atoms with Crippen molar-refractivity contribution in [2.75, 3.05) is 13.2 Å². The molecule has 0 aliphatic rings. The van der Waals surface area contributed by atoms with Gasteiger partial charge in [-0.3, -0.25) is 4.79 Å². The molecule has 4 aromatic carbocycles. The molecule has 0 aromatic heterocycles. The lowest BCUT2D eigenvalue weighted by Crippen LogP contribution is -2.25. The molecule has 0 saturated carbocycles. The van der Waals surface area contributed by atoms with Gasteiger partial charge in [-0.15, -0.1) is 0 Å². The zero-order valence-corrected chi connectivity index (χ0v) is 17.9. The summed E-state index contributed by atoms with van der Waals surface area (Å²) in [5.74, 6) is 0.551. The molecule has 0 radical (unpaired) electrons. The molecule has 166 valence electrons. The fraction of sp³-hybridized carbons (Fsp3) is 0.107. The average Bonchev–Trinajstić information content (AvgIpc) is 2.87. The number of hydrogen-bond donors (Lipinski definition) is 2. The van der Waals surface area contributed by atoms with Crippen LogP contribution >= 0.6 is 0 Å². The van der Waals surface area contributed by atoms with Crippen molar-refractivity contribution in [1.29, 1.82) is 0 Å². The number of rotatable bonds is 9. The van der Waals surface area contributed by atoms with Crippen LogP contribution in [0.4, 0.5) is 0 Å². The number of aliphatic hydroxyl groups excluding tert-OH is 1. The molecule has 2 N–H and O–H groups in total. The summed E-state index contributed by atoms with van der Waals surface area (Å²) in [5, 5.41) is 20.5. The van der Waals surface area contributed by atoms with Gasteiger partial charge in [0, 0.05) is 11.6 Å². The van der Waals surface area contributed by atoms with Crippen LogP contribution in [0.2, 0.25) is 0 Å². The summed E-state index contributed by atoms with van der Waals surface area (Å²) in [5.41, 5.74) is 2.89. The Morgan fingerprint density at radius 1 is 0.697 bits per heavy atom. The third kappa shape index (κ3) is 5.79. The van der Waals surface area contributed by atoms with Crippen molar-refractivity contribution in [2.45, 2.75) is 6.10 Å². The molecular weight excluding hydrogens is 416 g/mol. The minimum Gasteiger partial charge on any atom is -0.507 e. The Bertz CT molecular complexity index is 1190. The number of hydrogen-bond acceptors (Lipinski definition) is 5. The van der Waals surface area contributed by atoms with Gasteiger partial charge >= 0.3 is 0 Å². The van der Waals surface area contributed by atoms with E-state index in [0.717, 1.165) is 11.1 Å². The lowest BCUT2D eigenvalue weighted by atomic mass is 10.0. The number of aliphatic hydroxyl groups is 1. The van der Waals surface area contributed by atoms with E-state index in [0.29, 0.717) is 17.1 Å². The van der Waals surface area contributed by atoms with Gasteiger partial charge in [-0.05, 0) is 35.4 Å². The highest BCUT2D eigenvalue weighted by atomic mass is 16.5. The number of carbonyl (C=O) groups excluding carboxylic acids is 1. The van der Waals surface area contributed by atoms with Crippen molar-refractivity contribution in [2.24, 2.45) is 0 Å². The molecule has 0 heterocycles. The molecule has 0 aliphatic heterocycles. The number of ketones is 1. The molecule has 0 amide bonds. The lowest BCUT2D eigenvalue weighted by molar-refractivity contribution is 0.0625. The van der Waals surface area contributed by atoms with Crippen LogP contribution in [-0.4, -0.2) is 35.3 Å². The first kappa shape index (κ1) is 22.1. The van der Waals surface area contributed by atoms with Gasteiger partial charge in [0.15, 0.2) is 5.78 Å². The molecule has 1 unspecified atom stereocenters. The summed E-state index contributed by atoms with van der Waals surface area (Å²) in [4.78, 5) is 12.5. The van der Waals surface area contributed by atoms with Crippen molar-refractivity contribution in [3.05, 3.63) is 114 Å². The predicted molar refractivity (Wildman–Crippen MR) is 127 cm³/mol. The molecule has 33 heavy (non-hydrogen) atoms. The van der Waals surface area contributed by atoms with E-state index in [1.54, 1.807) is 30.3 Å². The van der Waals surface area contributed by atoms with E-state index in [1.807, 2.05) is 60.7 Å². The third-order valence-corrected chi connectivity index (χ3v) is 5.10. The molecule has 1 atom stereocenters. The number of carbonyl (C=O) groups is 1. The Labute approximate surface area is 192 Å². The Kier molecular flexibility index (Phi) is 7.03. The fourth-order valence-electron chi connectivity index (χ4n) is 3.35. The van der Waals surface area contributed by atoms with Crippen LogP contribution in [-0.2, 0) is 0 Å². The minimum absolute atomic E-state index is 0.0203. The van der Waals surface area contributed by atoms with Gasteiger partial charge in [0.1, 0.15) is 36.6 Å². The van der Waals surface area contributed by atoms with Gasteiger partial charge in [0.25, 0.3) is 0 Å². The second-order valence-corrected chi connectivity index (χ2v) is 7.54. The van der Waals surface area contributed by atoms with E-state index in [1.165, 1.54) is 12.1 Å². The van der Waals surface area contributed by atoms with Crippen molar-refractivity contribution >= 4 is 5.78 Å². The highest BCUT2D eigenvalue weighted by Crippen LogP contribution is 2.26. The molecule has 4 rings (SSSR count). The summed E-state index contributed by atoms with van der Waals surface area (Å²) in [6.45, 7) is 0.0365. The minimum atomic E-state index is -0.869. The summed E-state index contributed by atoms with van der Waals surface area (Å²) in [6.07, 6.45) is -0.869. The Hall–Kier alpha value is -4.09. The van der Waals surface area contributed by atoms with Gasteiger partial charge in [-0.25, -0.2) is 0 Å². The van der Waals surface area contributed by atoms with Crippen LogP contribution in [0.5, 0.6) is 17.2 Å². The first-order valence-electron chi connectivity index (χ1n) is 10.6. The number of benzene rings is 4. The maximum absolute atomic E-state index is 12.5. The van der Waals surface area contributed by atoms with Crippen LogP contribution in [0.15, 0.2) is 103 Å². The van der Waals surface area contributed by atoms with E-state index in [9.17, 15) is 15.0 Å². The van der Waals surface area contributed by atoms with Crippen LogP contribution < -0.4 is 9.47 Å². The average molecular weight is 440 g/mol. The van der Waals surface area contributed by atoms with Gasteiger partial charge in [-0.2, -0.15) is 0 Å². The molecule has 4 aromatic rings. The molecule has 5 heteroatoms. The molecule has 0 fully saturated rings. The van der Waals surface area contributed by atoms with Crippen LogP contribution in [0.25, 0.3) is 11.1 Å². The molecule has 5 nitrogen and oxygen atoms in total. The Morgan fingerprint density at radius 3 is 1.88 bits per heavy atom. The second kappa shape index (κ2) is 10.5. The molecule has 0 bridgehead atoms. The topological polar surface area (TPSA) is 76.0 Å². The van der Waals surface area contributed by atoms with Gasteiger partial charge in [-0.1, -0.05) is 72.8 Å². The summed E-state index contributed by atoms with van der Waals surface area (Å²) < 4.78 is 11.2. The van der Waals surface area contributed by atoms with E-state index in [2.05, 4.69) is 0 Å². The molecule has 0 spiro atoms. The summed E-state index contributed by atoms with van der Waals surface area (Å²) in [7, 11) is 0. The maximum Gasteiger partial charge on any atom is 0.196 e. The van der Waals surface area contributed by atoms with Crippen molar-refractivity contribution in [3.8, 4) is 28.4 Å². The first-order valence-corrected chi connectivity index (χ1v) is 10.6. The van der Waals surface area contributed by atoms with E-state index in [-0.39, 0.29) is 30.3 Å². The van der Waals surface area contributed by atoms with Crippen LogP contribution in [0, 0.1) is 0 Å². The predicted octanol–water partition coefficient (Wildman–Crippen LogP) is 5.11. The standard InChI is InChI=1S/C28H24O5/c29-23(18-32-24-13-11-21(12-14-24)20-7-3-1-4-8-20)19-33-25-15-16-26(27(30)17-25)28(31)22-9-5-2-6-10-22/h1-17,23,29-30H,18-19H2. The Balaban J connectivity index is 1.28. The quantitative estimate of drug-likeness (QED) is 0.354. The monoisotopic (exact) mass is 440 g/mol. The fourth-order valence-corrected chi connectivity index (χ4v) is 3.35. The molecule has 0 aliphatic carbocycles. The SMILES string of the molecule is O=C(c1ccccc1)c1ccc(OCC(O)COc2ccc(-c3ccccc3)cc2)cc1O. The van der Waals surface area contributed by atoms with E-state index in [4.69, 9.17) is 9.47 Å². The zero-order chi connectivity index (χ0) is 23.0. The third-order valence-electron chi connectivity index (χ3n) is 5.10. The first-order chi connectivity index (χ1) is 16.1. The van der Waals surface area contributed by atoms with E-state index < -0.39 is 6.10 Å². The highest BCUT2D eigenvalue weighted by Gasteiger charge is 2.15. The van der Waals surface area contributed by atoms with Crippen molar-refractivity contribution in [1.82, 2.24) is 0 Å². The van der Waals surface area contributed by atoms with Gasteiger partial charge < -0.3 is 19.7 Å². The normalized spacial score (nSPS) is 11.5. The highest BCUT2D eigenvalue weighted by molar-refractivity contribution is 6.10. The Morgan fingerprint density at radius 2 is 1.24 bits per heavy atom. The zero-order valence-electron chi connectivity index (χ0n) is 17.9. The van der Waals surface area contributed by atoms with Crippen LogP contribution in [0.1, 0.15) is 15.9 Å². The maximum atomic E-state index is 12.5. The molecule has 0 saturated heterocycles. The number of aromatic hydroxyl groups is 1. The molecular formula is C28H24O5. The summed E-state index contributed by atoms with van der Waals surface area (Å²) >= 11 is 0. The summed E-state index contributed by atoms with van der Waals surface area (Å²) in [6, 6.07) is 30.9. The number of phenols is 1.